The average molecular weight is 236 g/mol. The summed E-state index contributed by atoms with van der Waals surface area (Å²) in [6.45, 7) is 3.84. The van der Waals surface area contributed by atoms with Gasteiger partial charge in [-0.2, -0.15) is 0 Å². The molecular weight excluding hydrogens is 225 g/mol. The second-order valence-electron chi connectivity index (χ2n) is 3.78. The fourth-order valence-electron chi connectivity index (χ4n) is 1.72. The van der Waals surface area contributed by atoms with Gasteiger partial charge < -0.3 is 0 Å². The number of nitrogens with zero attached hydrogens (tertiary/aromatic N) is 1. The topological polar surface area (TPSA) is 12.9 Å². The zero-order valence-electron chi connectivity index (χ0n) is 9.09. The molecule has 16 heavy (non-hydrogen) atoms. The van der Waals surface area contributed by atoms with Crippen molar-refractivity contribution in [3.8, 4) is 11.1 Å². The Morgan fingerprint density at radius 1 is 1.06 bits per heavy atom. The number of hydrogen-bond acceptors (Lipinski definition) is 1. The summed E-state index contributed by atoms with van der Waals surface area (Å²) in [6, 6.07) is 6.54. The number of benzene rings is 1. The van der Waals surface area contributed by atoms with Gasteiger partial charge in [-0.25, -0.2) is 9.37 Å². The van der Waals surface area contributed by atoms with Crippen molar-refractivity contribution in [2.45, 2.75) is 13.8 Å². The number of aryl methyl sites for hydroxylation is 2. The molecule has 0 bridgehead atoms. The number of aromatic nitrogens is 1. The lowest BCUT2D eigenvalue weighted by atomic mass is 9.98. The van der Waals surface area contributed by atoms with Crippen molar-refractivity contribution in [1.29, 1.82) is 0 Å². The first-order valence-electron chi connectivity index (χ1n) is 4.96. The number of hydrogen-bond donors (Lipinski definition) is 0. The van der Waals surface area contributed by atoms with E-state index >= 15 is 0 Å². The van der Waals surface area contributed by atoms with Gasteiger partial charge in [-0.1, -0.05) is 17.7 Å². The van der Waals surface area contributed by atoms with Gasteiger partial charge in [-0.3, -0.25) is 0 Å². The highest BCUT2D eigenvalue weighted by atomic mass is 35.5. The first-order valence-corrected chi connectivity index (χ1v) is 5.34. The minimum Gasteiger partial charge on any atom is -0.244 e. The first-order chi connectivity index (χ1) is 7.58. The number of halogens is 2. The molecule has 0 fully saturated rings. The maximum absolute atomic E-state index is 13.0. The fourth-order valence-corrected chi connectivity index (χ4v) is 1.88. The Hall–Kier alpha value is -1.41. The maximum atomic E-state index is 13.0. The van der Waals surface area contributed by atoms with E-state index in [1.54, 1.807) is 18.3 Å². The lowest BCUT2D eigenvalue weighted by Gasteiger charge is -2.09. The molecule has 0 radical (unpaired) electrons. The van der Waals surface area contributed by atoms with E-state index in [2.05, 4.69) is 4.98 Å². The molecule has 3 heteroatoms. The van der Waals surface area contributed by atoms with Crippen molar-refractivity contribution in [3.05, 3.63) is 52.6 Å². The second-order valence-corrected chi connectivity index (χ2v) is 4.17. The summed E-state index contributed by atoms with van der Waals surface area (Å²) in [5.74, 6) is -0.223. The molecule has 0 amide bonds. The molecule has 0 atom stereocenters. The summed E-state index contributed by atoms with van der Waals surface area (Å²) in [5.41, 5.74) is 3.91. The van der Waals surface area contributed by atoms with Gasteiger partial charge in [0.1, 0.15) is 11.0 Å². The Kier molecular flexibility index (Phi) is 2.92. The van der Waals surface area contributed by atoms with Gasteiger partial charge in [0.05, 0.1) is 0 Å². The van der Waals surface area contributed by atoms with Gasteiger partial charge in [0.2, 0.25) is 0 Å². The summed E-state index contributed by atoms with van der Waals surface area (Å²) in [4.78, 5) is 4.00. The van der Waals surface area contributed by atoms with Crippen molar-refractivity contribution in [3.63, 3.8) is 0 Å². The van der Waals surface area contributed by atoms with Crippen LogP contribution in [0.5, 0.6) is 0 Å². The molecule has 0 N–H and O–H groups in total. The minimum atomic E-state index is -0.223. The Morgan fingerprint density at radius 2 is 1.81 bits per heavy atom. The molecule has 0 aliphatic rings. The van der Waals surface area contributed by atoms with Gasteiger partial charge >= 0.3 is 0 Å². The number of pyridine rings is 1. The average Bonchev–Trinajstić information content (AvgIpc) is 2.22. The van der Waals surface area contributed by atoms with E-state index in [-0.39, 0.29) is 5.82 Å². The maximum Gasteiger partial charge on any atom is 0.129 e. The SMILES string of the molecule is Cc1cc(F)ccc1-c1cc(Cl)ncc1C. The molecular formula is C13H11ClFN. The highest BCUT2D eigenvalue weighted by molar-refractivity contribution is 6.29. The minimum absolute atomic E-state index is 0.223. The standard InChI is InChI=1S/C13H11ClFN/c1-8-5-10(15)3-4-11(8)12-6-13(14)16-7-9(12)2/h3-7H,1-2H3. The van der Waals surface area contributed by atoms with Crippen LogP contribution in [-0.2, 0) is 0 Å². The van der Waals surface area contributed by atoms with Crippen molar-refractivity contribution < 1.29 is 4.39 Å². The molecule has 1 heterocycles. The van der Waals surface area contributed by atoms with Crippen LogP contribution in [0.25, 0.3) is 11.1 Å². The third-order valence-corrected chi connectivity index (χ3v) is 2.76. The largest absolute Gasteiger partial charge is 0.244 e. The molecule has 0 unspecified atom stereocenters. The van der Waals surface area contributed by atoms with Crippen LogP contribution in [0.15, 0.2) is 30.5 Å². The quantitative estimate of drug-likeness (QED) is 0.677. The van der Waals surface area contributed by atoms with Crippen LogP contribution in [0.4, 0.5) is 4.39 Å². The van der Waals surface area contributed by atoms with Crippen LogP contribution in [0.3, 0.4) is 0 Å². The lowest BCUT2D eigenvalue weighted by Crippen LogP contribution is -1.90. The van der Waals surface area contributed by atoms with Crippen LogP contribution in [0, 0.1) is 19.7 Å². The molecule has 1 aromatic heterocycles. The van der Waals surface area contributed by atoms with Crippen LogP contribution in [-0.4, -0.2) is 4.98 Å². The molecule has 2 aromatic rings. The third kappa shape index (κ3) is 2.07. The normalized spacial score (nSPS) is 10.5. The van der Waals surface area contributed by atoms with Crippen molar-refractivity contribution in [2.75, 3.05) is 0 Å². The summed E-state index contributed by atoms with van der Waals surface area (Å²) in [5, 5.41) is 0.448. The van der Waals surface area contributed by atoms with E-state index in [9.17, 15) is 4.39 Å². The van der Waals surface area contributed by atoms with Crippen molar-refractivity contribution in [2.24, 2.45) is 0 Å². The molecule has 0 spiro atoms. The molecule has 82 valence electrons. The monoisotopic (exact) mass is 235 g/mol. The van der Waals surface area contributed by atoms with Crippen LogP contribution >= 0.6 is 11.6 Å². The van der Waals surface area contributed by atoms with Gasteiger partial charge in [-0.05, 0) is 54.3 Å². The van der Waals surface area contributed by atoms with Gasteiger partial charge in [0, 0.05) is 6.20 Å². The smallest absolute Gasteiger partial charge is 0.129 e. The molecule has 0 saturated carbocycles. The zero-order valence-corrected chi connectivity index (χ0v) is 9.85. The summed E-state index contributed by atoms with van der Waals surface area (Å²) >= 11 is 5.87. The van der Waals surface area contributed by atoms with E-state index < -0.39 is 0 Å². The molecule has 1 nitrogen and oxygen atoms in total. The zero-order chi connectivity index (χ0) is 11.7. The van der Waals surface area contributed by atoms with Crippen molar-refractivity contribution >= 4 is 11.6 Å². The highest BCUT2D eigenvalue weighted by Crippen LogP contribution is 2.28. The predicted octanol–water partition coefficient (Wildman–Crippen LogP) is 4.16. The lowest BCUT2D eigenvalue weighted by molar-refractivity contribution is 0.627. The van der Waals surface area contributed by atoms with Crippen molar-refractivity contribution in [1.82, 2.24) is 4.98 Å². The summed E-state index contributed by atoms with van der Waals surface area (Å²) < 4.78 is 13.0. The van der Waals surface area contributed by atoms with E-state index in [4.69, 9.17) is 11.6 Å². The van der Waals surface area contributed by atoms with E-state index in [0.29, 0.717) is 5.15 Å². The Morgan fingerprint density at radius 3 is 2.50 bits per heavy atom. The first kappa shape index (κ1) is 11.1. The Bertz CT molecular complexity index is 537. The molecule has 0 aliphatic carbocycles. The van der Waals surface area contributed by atoms with Gasteiger partial charge in [-0.15, -0.1) is 0 Å². The van der Waals surface area contributed by atoms with E-state index in [0.717, 1.165) is 22.3 Å². The predicted molar refractivity (Wildman–Crippen MR) is 64.1 cm³/mol. The highest BCUT2D eigenvalue weighted by Gasteiger charge is 2.07. The molecule has 2 rings (SSSR count). The number of rotatable bonds is 1. The molecule has 0 aliphatic heterocycles. The second kappa shape index (κ2) is 4.22. The van der Waals surface area contributed by atoms with Crippen LogP contribution in [0.1, 0.15) is 11.1 Å². The summed E-state index contributed by atoms with van der Waals surface area (Å²) in [6.07, 6.45) is 1.72. The van der Waals surface area contributed by atoms with Gasteiger partial charge in [0.25, 0.3) is 0 Å². The third-order valence-electron chi connectivity index (χ3n) is 2.55. The molecule has 1 aromatic carbocycles. The fraction of sp³-hybridized carbons (Fsp3) is 0.154. The van der Waals surface area contributed by atoms with E-state index in [1.165, 1.54) is 12.1 Å². The molecule has 0 saturated heterocycles. The Balaban J connectivity index is 2.62. The van der Waals surface area contributed by atoms with E-state index in [1.807, 2.05) is 13.8 Å². The summed E-state index contributed by atoms with van der Waals surface area (Å²) in [7, 11) is 0. The van der Waals surface area contributed by atoms with Crippen LogP contribution in [0.2, 0.25) is 5.15 Å². The van der Waals surface area contributed by atoms with Gasteiger partial charge in [0.15, 0.2) is 0 Å². The Labute approximate surface area is 98.9 Å². The van der Waals surface area contributed by atoms with Crippen LogP contribution < -0.4 is 0 Å².